The van der Waals surface area contributed by atoms with Gasteiger partial charge in [0.25, 0.3) is 0 Å². The van der Waals surface area contributed by atoms with Crippen molar-refractivity contribution in [2.75, 3.05) is 0 Å². The van der Waals surface area contributed by atoms with Gasteiger partial charge in [-0.1, -0.05) is 11.6 Å². The first-order valence-corrected chi connectivity index (χ1v) is 4.85. The molecule has 1 aromatic heterocycles. The van der Waals surface area contributed by atoms with Gasteiger partial charge in [-0.3, -0.25) is 4.79 Å². The second-order valence-corrected chi connectivity index (χ2v) is 3.72. The third-order valence-electron chi connectivity index (χ3n) is 2.08. The van der Waals surface area contributed by atoms with Crippen LogP contribution in [0, 0.1) is 6.92 Å². The van der Waals surface area contributed by atoms with Gasteiger partial charge in [0.15, 0.2) is 6.29 Å². The molecule has 0 aliphatic carbocycles. The summed E-state index contributed by atoms with van der Waals surface area (Å²) in [7, 11) is 0. The van der Waals surface area contributed by atoms with Crippen LogP contribution < -0.4 is 0 Å². The molecule has 0 saturated carbocycles. The van der Waals surface area contributed by atoms with Gasteiger partial charge in [0.05, 0.1) is 11.9 Å². The van der Waals surface area contributed by atoms with Crippen LogP contribution in [0.15, 0.2) is 30.6 Å². The maximum atomic E-state index is 10.9. The fourth-order valence-corrected chi connectivity index (χ4v) is 1.55. The highest BCUT2D eigenvalue weighted by molar-refractivity contribution is 6.30. The molecule has 1 heterocycles. The van der Waals surface area contributed by atoms with E-state index in [0.29, 0.717) is 10.6 Å². The number of aldehydes is 1. The summed E-state index contributed by atoms with van der Waals surface area (Å²) in [5, 5.41) is 4.69. The maximum absolute atomic E-state index is 10.9. The highest BCUT2D eigenvalue weighted by Crippen LogP contribution is 2.18. The van der Waals surface area contributed by atoms with E-state index in [4.69, 9.17) is 11.6 Å². The van der Waals surface area contributed by atoms with E-state index in [-0.39, 0.29) is 0 Å². The van der Waals surface area contributed by atoms with Crippen LogP contribution >= 0.6 is 11.6 Å². The first kappa shape index (κ1) is 9.93. The van der Waals surface area contributed by atoms with Crippen LogP contribution in [0.5, 0.6) is 0 Å². The Morgan fingerprint density at radius 1 is 1.47 bits per heavy atom. The van der Waals surface area contributed by atoms with Crippen molar-refractivity contribution in [3.8, 4) is 5.69 Å². The van der Waals surface area contributed by atoms with Gasteiger partial charge in [0, 0.05) is 16.8 Å². The van der Waals surface area contributed by atoms with Crippen LogP contribution in [-0.2, 0) is 0 Å². The summed E-state index contributed by atoms with van der Waals surface area (Å²) in [5.74, 6) is 0. The van der Waals surface area contributed by atoms with Crippen molar-refractivity contribution < 1.29 is 4.79 Å². The topological polar surface area (TPSA) is 34.9 Å². The van der Waals surface area contributed by atoms with E-state index < -0.39 is 0 Å². The first-order chi connectivity index (χ1) is 7.20. The molecule has 0 spiro atoms. The minimum absolute atomic E-state index is 0.533. The fraction of sp³-hybridized carbons (Fsp3) is 0.0909. The van der Waals surface area contributed by atoms with Gasteiger partial charge >= 0.3 is 0 Å². The lowest BCUT2D eigenvalue weighted by atomic mass is 10.2. The second-order valence-electron chi connectivity index (χ2n) is 3.28. The molecule has 0 saturated heterocycles. The lowest BCUT2D eigenvalue weighted by Gasteiger charge is -2.04. The largest absolute Gasteiger partial charge is 0.298 e. The number of hydrogen-bond donors (Lipinski definition) is 0. The quantitative estimate of drug-likeness (QED) is 0.730. The van der Waals surface area contributed by atoms with Crippen molar-refractivity contribution in [1.29, 1.82) is 0 Å². The Morgan fingerprint density at radius 3 is 2.87 bits per heavy atom. The van der Waals surface area contributed by atoms with Crippen molar-refractivity contribution in [3.05, 3.63) is 46.7 Å². The molecule has 1 aromatic carbocycles. The highest BCUT2D eigenvalue weighted by Gasteiger charge is 2.05. The van der Waals surface area contributed by atoms with Gasteiger partial charge < -0.3 is 0 Å². The number of rotatable bonds is 2. The van der Waals surface area contributed by atoms with Gasteiger partial charge in [-0.15, -0.1) is 0 Å². The average Bonchev–Trinajstić information content (AvgIpc) is 2.64. The molecule has 0 aliphatic heterocycles. The normalized spacial score (nSPS) is 10.3. The lowest BCUT2D eigenvalue weighted by molar-refractivity contribution is 0.112. The zero-order valence-electron chi connectivity index (χ0n) is 8.14. The lowest BCUT2D eigenvalue weighted by Crippen LogP contribution is -1.99. The van der Waals surface area contributed by atoms with E-state index in [2.05, 4.69) is 5.10 Å². The smallest absolute Gasteiger partial charge is 0.152 e. The fourth-order valence-electron chi connectivity index (χ4n) is 1.37. The van der Waals surface area contributed by atoms with Crippen LogP contribution in [0.2, 0.25) is 5.02 Å². The summed E-state index contributed by atoms with van der Waals surface area (Å²) in [6.45, 7) is 1.94. The molecule has 0 fully saturated rings. The van der Waals surface area contributed by atoms with Crippen molar-refractivity contribution in [3.63, 3.8) is 0 Å². The number of benzene rings is 1. The Morgan fingerprint density at radius 2 is 2.27 bits per heavy atom. The Hall–Kier alpha value is -1.61. The van der Waals surface area contributed by atoms with E-state index in [9.17, 15) is 4.79 Å². The summed E-state index contributed by atoms with van der Waals surface area (Å²) >= 11 is 5.80. The predicted molar refractivity (Wildman–Crippen MR) is 58.7 cm³/mol. The monoisotopic (exact) mass is 220 g/mol. The molecule has 0 radical (unpaired) electrons. The highest BCUT2D eigenvalue weighted by atomic mass is 35.5. The molecule has 0 unspecified atom stereocenters. The Kier molecular flexibility index (Phi) is 2.56. The van der Waals surface area contributed by atoms with E-state index in [0.717, 1.165) is 17.5 Å². The van der Waals surface area contributed by atoms with Crippen LogP contribution in [0.1, 0.15) is 15.9 Å². The SMILES string of the molecule is Cc1cnn(-c2ccc(Cl)cc2C=O)c1. The van der Waals surface area contributed by atoms with E-state index in [1.807, 2.05) is 13.1 Å². The number of carbonyl (C=O) groups is 1. The third-order valence-corrected chi connectivity index (χ3v) is 2.31. The standard InChI is InChI=1S/C11H9ClN2O/c1-8-5-13-14(6-8)11-3-2-10(12)4-9(11)7-15/h2-7H,1H3. The average molecular weight is 221 g/mol. The number of carbonyl (C=O) groups excluding carboxylic acids is 1. The zero-order valence-corrected chi connectivity index (χ0v) is 8.90. The molecule has 76 valence electrons. The molecule has 0 aliphatic rings. The third kappa shape index (κ3) is 1.92. The predicted octanol–water partition coefficient (Wildman–Crippen LogP) is 2.65. The van der Waals surface area contributed by atoms with Crippen LogP contribution in [0.3, 0.4) is 0 Å². The zero-order chi connectivity index (χ0) is 10.8. The second kappa shape index (κ2) is 3.87. The molecule has 4 heteroatoms. The molecule has 0 bridgehead atoms. The molecule has 15 heavy (non-hydrogen) atoms. The van der Waals surface area contributed by atoms with E-state index >= 15 is 0 Å². The summed E-state index contributed by atoms with van der Waals surface area (Å²) < 4.78 is 1.66. The van der Waals surface area contributed by atoms with Gasteiger partial charge in [-0.25, -0.2) is 4.68 Å². The van der Waals surface area contributed by atoms with Crippen LogP contribution in [0.25, 0.3) is 5.69 Å². The first-order valence-electron chi connectivity index (χ1n) is 4.47. The van der Waals surface area contributed by atoms with Crippen molar-refractivity contribution >= 4 is 17.9 Å². The summed E-state index contributed by atoms with van der Waals surface area (Å²) in [6, 6.07) is 5.14. The number of nitrogens with zero attached hydrogens (tertiary/aromatic N) is 2. The summed E-state index contributed by atoms with van der Waals surface area (Å²) in [6.07, 6.45) is 4.37. The molecular formula is C11H9ClN2O. The number of aromatic nitrogens is 2. The van der Waals surface area contributed by atoms with Crippen molar-refractivity contribution in [2.24, 2.45) is 0 Å². The molecule has 0 amide bonds. The molecule has 2 aromatic rings. The molecular weight excluding hydrogens is 212 g/mol. The number of hydrogen-bond acceptors (Lipinski definition) is 2. The van der Waals surface area contributed by atoms with E-state index in [1.54, 1.807) is 29.1 Å². The van der Waals surface area contributed by atoms with Crippen LogP contribution in [0.4, 0.5) is 0 Å². The maximum Gasteiger partial charge on any atom is 0.152 e. The Balaban J connectivity index is 2.57. The van der Waals surface area contributed by atoms with Crippen molar-refractivity contribution in [1.82, 2.24) is 9.78 Å². The number of halogens is 1. The van der Waals surface area contributed by atoms with Gasteiger partial charge in [-0.2, -0.15) is 5.10 Å². The van der Waals surface area contributed by atoms with E-state index in [1.165, 1.54) is 0 Å². The molecule has 2 rings (SSSR count). The van der Waals surface area contributed by atoms with Gasteiger partial charge in [0.2, 0.25) is 0 Å². The molecule has 3 nitrogen and oxygen atoms in total. The van der Waals surface area contributed by atoms with Gasteiger partial charge in [0.1, 0.15) is 0 Å². The van der Waals surface area contributed by atoms with Gasteiger partial charge in [-0.05, 0) is 30.7 Å². The van der Waals surface area contributed by atoms with Crippen molar-refractivity contribution in [2.45, 2.75) is 6.92 Å². The summed E-state index contributed by atoms with van der Waals surface area (Å²) in [5.41, 5.74) is 2.31. The Bertz CT molecular complexity index is 505. The Labute approximate surface area is 92.3 Å². The molecule has 0 N–H and O–H groups in total. The minimum atomic E-state index is 0.533. The number of aryl methyl sites for hydroxylation is 1. The summed E-state index contributed by atoms with van der Waals surface area (Å²) in [4.78, 5) is 10.9. The minimum Gasteiger partial charge on any atom is -0.298 e. The molecule has 0 atom stereocenters. The van der Waals surface area contributed by atoms with Crippen LogP contribution in [-0.4, -0.2) is 16.1 Å².